The molecule has 0 aliphatic carbocycles. The fraction of sp³-hybridized carbons (Fsp3) is 0.636. The number of rotatable bonds is 2. The van der Waals surface area contributed by atoms with Crippen molar-refractivity contribution in [3.8, 4) is 0 Å². The van der Waals surface area contributed by atoms with Gasteiger partial charge in [0.1, 0.15) is 6.26 Å². The van der Waals surface area contributed by atoms with Crippen LogP contribution in [0.2, 0.25) is 0 Å². The molecule has 0 saturated carbocycles. The van der Waals surface area contributed by atoms with Crippen molar-refractivity contribution in [2.75, 3.05) is 6.54 Å². The molecule has 2 heterocycles. The summed E-state index contributed by atoms with van der Waals surface area (Å²) in [5.41, 5.74) is 6.08. The van der Waals surface area contributed by atoms with E-state index in [-0.39, 0.29) is 18.0 Å². The second kappa shape index (κ2) is 4.65. The van der Waals surface area contributed by atoms with Crippen LogP contribution in [0.15, 0.2) is 16.9 Å². The van der Waals surface area contributed by atoms with Gasteiger partial charge in [-0.2, -0.15) is 0 Å². The summed E-state index contributed by atoms with van der Waals surface area (Å²) in [4.78, 5) is 14.0. The molecule has 0 radical (unpaired) electrons. The van der Waals surface area contributed by atoms with Gasteiger partial charge in [-0.05, 0) is 26.2 Å². The number of hydrogen-bond acceptors (Lipinski definition) is 4. The van der Waals surface area contributed by atoms with Crippen LogP contribution in [0.25, 0.3) is 0 Å². The molecular formula is C11H17N3O2. The molecule has 2 N–H and O–H groups in total. The molecule has 0 aromatic carbocycles. The highest BCUT2D eigenvalue weighted by Crippen LogP contribution is 2.23. The van der Waals surface area contributed by atoms with Crippen molar-refractivity contribution in [1.29, 1.82) is 0 Å². The molecule has 1 aromatic rings. The summed E-state index contributed by atoms with van der Waals surface area (Å²) in [6.07, 6.45) is 4.55. The summed E-state index contributed by atoms with van der Waals surface area (Å²) >= 11 is 0. The van der Waals surface area contributed by atoms with Crippen LogP contribution < -0.4 is 5.73 Å². The zero-order valence-corrected chi connectivity index (χ0v) is 9.43. The molecule has 2 rings (SSSR count). The van der Waals surface area contributed by atoms with Crippen LogP contribution in [0.1, 0.15) is 36.7 Å². The van der Waals surface area contributed by atoms with E-state index in [1.54, 1.807) is 6.07 Å². The van der Waals surface area contributed by atoms with Crippen molar-refractivity contribution in [2.24, 2.45) is 5.73 Å². The largest absolute Gasteiger partial charge is 0.364 e. The van der Waals surface area contributed by atoms with Gasteiger partial charge in [-0.3, -0.25) is 4.79 Å². The number of likely N-dealkylation sites (tertiary alicyclic amines) is 1. The molecule has 1 amide bonds. The second-order valence-corrected chi connectivity index (χ2v) is 4.27. The van der Waals surface area contributed by atoms with Crippen LogP contribution in [0.4, 0.5) is 0 Å². The number of hydrogen-bond donors (Lipinski definition) is 1. The third-order valence-electron chi connectivity index (χ3n) is 3.19. The predicted molar refractivity (Wildman–Crippen MR) is 58.8 cm³/mol. The van der Waals surface area contributed by atoms with E-state index < -0.39 is 0 Å². The quantitative estimate of drug-likeness (QED) is 0.812. The number of nitrogens with zero attached hydrogens (tertiary/aromatic N) is 2. The van der Waals surface area contributed by atoms with Gasteiger partial charge < -0.3 is 15.2 Å². The Morgan fingerprint density at radius 1 is 1.69 bits per heavy atom. The Morgan fingerprint density at radius 2 is 2.50 bits per heavy atom. The Bertz CT molecular complexity index is 350. The van der Waals surface area contributed by atoms with E-state index in [1.165, 1.54) is 6.26 Å². The summed E-state index contributed by atoms with van der Waals surface area (Å²) in [5.74, 6) is -0.0728. The van der Waals surface area contributed by atoms with Crippen molar-refractivity contribution in [2.45, 2.75) is 38.3 Å². The second-order valence-electron chi connectivity index (χ2n) is 4.27. The van der Waals surface area contributed by atoms with Crippen molar-refractivity contribution >= 4 is 5.91 Å². The Balaban J connectivity index is 2.19. The number of aromatic nitrogens is 1. The standard InChI is InChI=1S/C11H17N3O2/c1-8-3-2-4-9(7-12)14(8)11(15)10-5-6-16-13-10/h5-6,8-9H,2-4,7,12H2,1H3. The van der Waals surface area contributed by atoms with Gasteiger partial charge in [-0.25, -0.2) is 0 Å². The molecule has 5 nitrogen and oxygen atoms in total. The molecular weight excluding hydrogens is 206 g/mol. The molecule has 2 unspecified atom stereocenters. The predicted octanol–water partition coefficient (Wildman–Crippen LogP) is 1.02. The number of carbonyl (C=O) groups is 1. The third kappa shape index (κ3) is 1.95. The highest BCUT2D eigenvalue weighted by molar-refractivity contribution is 5.92. The lowest BCUT2D eigenvalue weighted by Crippen LogP contribution is -2.51. The Kier molecular flexibility index (Phi) is 3.24. The molecule has 5 heteroatoms. The average Bonchev–Trinajstić information content (AvgIpc) is 2.81. The smallest absolute Gasteiger partial charge is 0.276 e. The van der Waals surface area contributed by atoms with E-state index in [0.717, 1.165) is 19.3 Å². The van der Waals surface area contributed by atoms with Gasteiger partial charge in [-0.1, -0.05) is 5.16 Å². The van der Waals surface area contributed by atoms with Crippen molar-refractivity contribution in [3.05, 3.63) is 18.0 Å². The summed E-state index contributed by atoms with van der Waals surface area (Å²) < 4.78 is 4.70. The van der Waals surface area contributed by atoms with E-state index in [1.807, 2.05) is 4.90 Å². The SMILES string of the molecule is CC1CCCC(CN)N1C(=O)c1ccon1. The average molecular weight is 223 g/mol. The fourth-order valence-corrected chi connectivity index (χ4v) is 2.34. The van der Waals surface area contributed by atoms with Gasteiger partial charge in [0.25, 0.3) is 5.91 Å². The minimum absolute atomic E-state index is 0.0728. The normalized spacial score (nSPS) is 25.8. The summed E-state index contributed by atoms with van der Waals surface area (Å²) in [6.45, 7) is 2.56. The number of amides is 1. The maximum absolute atomic E-state index is 12.2. The molecule has 2 atom stereocenters. The van der Waals surface area contributed by atoms with Gasteiger partial charge >= 0.3 is 0 Å². The van der Waals surface area contributed by atoms with E-state index in [4.69, 9.17) is 10.3 Å². The van der Waals surface area contributed by atoms with Gasteiger partial charge in [0.15, 0.2) is 5.69 Å². The lowest BCUT2D eigenvalue weighted by atomic mass is 9.96. The minimum atomic E-state index is -0.0728. The van der Waals surface area contributed by atoms with E-state index in [2.05, 4.69) is 12.1 Å². The molecule has 1 saturated heterocycles. The number of nitrogens with two attached hydrogens (primary N) is 1. The maximum atomic E-state index is 12.2. The summed E-state index contributed by atoms with van der Waals surface area (Å²) in [7, 11) is 0. The number of piperidine rings is 1. The molecule has 16 heavy (non-hydrogen) atoms. The van der Waals surface area contributed by atoms with Gasteiger partial charge in [0.05, 0.1) is 0 Å². The van der Waals surface area contributed by atoms with Crippen LogP contribution in [0, 0.1) is 0 Å². The first-order valence-electron chi connectivity index (χ1n) is 5.67. The van der Waals surface area contributed by atoms with Crippen molar-refractivity contribution in [3.63, 3.8) is 0 Å². The first-order valence-corrected chi connectivity index (χ1v) is 5.67. The van der Waals surface area contributed by atoms with E-state index in [9.17, 15) is 4.79 Å². The Hall–Kier alpha value is -1.36. The Morgan fingerprint density at radius 3 is 3.12 bits per heavy atom. The zero-order valence-electron chi connectivity index (χ0n) is 9.43. The van der Waals surface area contributed by atoms with E-state index >= 15 is 0 Å². The van der Waals surface area contributed by atoms with Gasteiger partial charge in [0.2, 0.25) is 0 Å². The van der Waals surface area contributed by atoms with Crippen LogP contribution in [0.3, 0.4) is 0 Å². The molecule has 1 aromatic heterocycles. The summed E-state index contributed by atoms with van der Waals surface area (Å²) in [5, 5.41) is 3.69. The van der Waals surface area contributed by atoms with Gasteiger partial charge in [0, 0.05) is 24.7 Å². The van der Waals surface area contributed by atoms with Gasteiger partial charge in [-0.15, -0.1) is 0 Å². The molecule has 1 aliphatic heterocycles. The van der Waals surface area contributed by atoms with Crippen LogP contribution in [-0.4, -0.2) is 34.6 Å². The lowest BCUT2D eigenvalue weighted by Gasteiger charge is -2.39. The van der Waals surface area contributed by atoms with Crippen molar-refractivity contribution in [1.82, 2.24) is 10.1 Å². The third-order valence-corrected chi connectivity index (χ3v) is 3.19. The first kappa shape index (κ1) is 11.1. The maximum Gasteiger partial charge on any atom is 0.276 e. The minimum Gasteiger partial charge on any atom is -0.364 e. The highest BCUT2D eigenvalue weighted by atomic mass is 16.5. The highest BCUT2D eigenvalue weighted by Gasteiger charge is 2.32. The fourth-order valence-electron chi connectivity index (χ4n) is 2.34. The van der Waals surface area contributed by atoms with E-state index in [0.29, 0.717) is 12.2 Å². The van der Waals surface area contributed by atoms with Crippen LogP contribution in [-0.2, 0) is 0 Å². The topological polar surface area (TPSA) is 72.4 Å². The molecule has 0 spiro atoms. The number of carbonyl (C=O) groups excluding carboxylic acids is 1. The van der Waals surface area contributed by atoms with Crippen LogP contribution >= 0.6 is 0 Å². The molecule has 0 bridgehead atoms. The zero-order chi connectivity index (χ0) is 11.5. The van der Waals surface area contributed by atoms with Crippen LogP contribution in [0.5, 0.6) is 0 Å². The lowest BCUT2D eigenvalue weighted by molar-refractivity contribution is 0.0484. The first-order chi connectivity index (χ1) is 7.74. The molecule has 88 valence electrons. The molecule has 1 fully saturated rings. The molecule has 1 aliphatic rings. The Labute approximate surface area is 94.6 Å². The summed E-state index contributed by atoms with van der Waals surface area (Å²) in [6, 6.07) is 1.96. The van der Waals surface area contributed by atoms with Crippen molar-refractivity contribution < 1.29 is 9.32 Å². The monoisotopic (exact) mass is 223 g/mol.